The van der Waals surface area contributed by atoms with E-state index in [2.05, 4.69) is 15.3 Å². The number of nitrogens with zero attached hydrogens (tertiary/aromatic N) is 2. The Bertz CT molecular complexity index is 888. The van der Waals surface area contributed by atoms with Crippen molar-refractivity contribution in [2.24, 2.45) is 0 Å². The number of nitriles is 1. The van der Waals surface area contributed by atoms with E-state index in [0.717, 1.165) is 16.5 Å². The summed E-state index contributed by atoms with van der Waals surface area (Å²) in [7, 11) is 0. The summed E-state index contributed by atoms with van der Waals surface area (Å²) < 4.78 is 0. The van der Waals surface area contributed by atoms with Crippen LogP contribution in [0.3, 0.4) is 0 Å². The lowest BCUT2D eigenvalue weighted by molar-refractivity contribution is -0.112. The molecule has 0 bridgehead atoms. The van der Waals surface area contributed by atoms with E-state index in [9.17, 15) is 10.1 Å². The lowest BCUT2D eigenvalue weighted by atomic mass is 10.1. The number of anilines is 1. The van der Waals surface area contributed by atoms with E-state index in [-0.39, 0.29) is 5.57 Å². The molecule has 0 saturated carbocycles. The fourth-order valence-electron chi connectivity index (χ4n) is 2.13. The van der Waals surface area contributed by atoms with Crippen LogP contribution < -0.4 is 5.32 Å². The quantitative estimate of drug-likeness (QED) is 0.574. The Morgan fingerprint density at radius 1 is 1.27 bits per heavy atom. The SMILES string of the molecule is N#C/C(=C/c1c[nH]c2ccncc12)C(=O)Nc1ccccc1. The summed E-state index contributed by atoms with van der Waals surface area (Å²) in [5.74, 6) is -0.438. The molecule has 0 unspecified atom stereocenters. The number of aromatic nitrogens is 2. The van der Waals surface area contributed by atoms with Gasteiger partial charge >= 0.3 is 0 Å². The second-order valence-corrected chi connectivity index (χ2v) is 4.66. The van der Waals surface area contributed by atoms with Crippen molar-refractivity contribution in [1.29, 1.82) is 5.26 Å². The molecule has 3 aromatic rings. The molecule has 2 N–H and O–H groups in total. The van der Waals surface area contributed by atoms with Crippen molar-refractivity contribution in [3.05, 3.63) is 66.1 Å². The Balaban J connectivity index is 1.90. The van der Waals surface area contributed by atoms with Gasteiger partial charge in [0.15, 0.2) is 0 Å². The zero-order valence-electron chi connectivity index (χ0n) is 11.6. The largest absolute Gasteiger partial charge is 0.360 e. The molecule has 1 aromatic carbocycles. The van der Waals surface area contributed by atoms with Crippen molar-refractivity contribution < 1.29 is 4.79 Å². The minimum atomic E-state index is -0.438. The average molecular weight is 288 g/mol. The Morgan fingerprint density at radius 3 is 2.86 bits per heavy atom. The number of H-pyrrole nitrogens is 1. The highest BCUT2D eigenvalue weighted by Crippen LogP contribution is 2.19. The maximum absolute atomic E-state index is 12.2. The summed E-state index contributed by atoms with van der Waals surface area (Å²) in [6, 6.07) is 12.8. The van der Waals surface area contributed by atoms with Crippen LogP contribution in [-0.4, -0.2) is 15.9 Å². The van der Waals surface area contributed by atoms with Crippen LogP contribution in [0.1, 0.15) is 5.56 Å². The van der Waals surface area contributed by atoms with E-state index in [1.807, 2.05) is 30.3 Å². The molecule has 0 saturated heterocycles. The fourth-order valence-corrected chi connectivity index (χ4v) is 2.13. The lowest BCUT2D eigenvalue weighted by Crippen LogP contribution is -2.13. The second kappa shape index (κ2) is 5.94. The number of aromatic amines is 1. The first-order valence-corrected chi connectivity index (χ1v) is 6.67. The van der Waals surface area contributed by atoms with E-state index in [1.165, 1.54) is 0 Å². The number of rotatable bonds is 3. The number of benzene rings is 1. The van der Waals surface area contributed by atoms with E-state index in [0.29, 0.717) is 5.69 Å². The predicted octanol–water partition coefficient (Wildman–Crippen LogP) is 3.11. The second-order valence-electron chi connectivity index (χ2n) is 4.66. The van der Waals surface area contributed by atoms with Crippen molar-refractivity contribution in [3.63, 3.8) is 0 Å². The summed E-state index contributed by atoms with van der Waals surface area (Å²) in [5, 5.41) is 12.8. The van der Waals surface area contributed by atoms with Crippen LogP contribution >= 0.6 is 0 Å². The number of carbonyl (C=O) groups is 1. The van der Waals surface area contributed by atoms with Gasteiger partial charge in [0.2, 0.25) is 0 Å². The molecular weight excluding hydrogens is 276 g/mol. The zero-order valence-corrected chi connectivity index (χ0v) is 11.6. The van der Waals surface area contributed by atoms with E-state index in [4.69, 9.17) is 0 Å². The van der Waals surface area contributed by atoms with Gasteiger partial charge in [0.05, 0.1) is 0 Å². The van der Waals surface area contributed by atoms with Crippen LogP contribution in [0.15, 0.2) is 60.6 Å². The Hall–Kier alpha value is -3.39. The number of carbonyl (C=O) groups excluding carboxylic acids is 1. The minimum Gasteiger partial charge on any atom is -0.360 e. The number of hydrogen-bond donors (Lipinski definition) is 2. The zero-order chi connectivity index (χ0) is 15.4. The monoisotopic (exact) mass is 288 g/mol. The molecule has 2 heterocycles. The average Bonchev–Trinajstić information content (AvgIpc) is 2.96. The number of nitrogens with one attached hydrogen (secondary N) is 2. The van der Waals surface area contributed by atoms with Gasteiger partial charge in [-0.15, -0.1) is 0 Å². The first-order chi connectivity index (χ1) is 10.8. The summed E-state index contributed by atoms with van der Waals surface area (Å²) in [4.78, 5) is 19.3. The van der Waals surface area contributed by atoms with Crippen molar-refractivity contribution in [3.8, 4) is 6.07 Å². The van der Waals surface area contributed by atoms with Gasteiger partial charge in [-0.2, -0.15) is 5.26 Å². The van der Waals surface area contributed by atoms with E-state index in [1.54, 1.807) is 36.8 Å². The Labute approximate surface area is 126 Å². The number of hydrogen-bond acceptors (Lipinski definition) is 3. The van der Waals surface area contributed by atoms with Crippen LogP contribution in [0.5, 0.6) is 0 Å². The Morgan fingerprint density at radius 2 is 2.09 bits per heavy atom. The van der Waals surface area contributed by atoms with Crippen molar-refractivity contribution in [1.82, 2.24) is 9.97 Å². The molecule has 22 heavy (non-hydrogen) atoms. The van der Waals surface area contributed by atoms with Crippen molar-refractivity contribution in [2.45, 2.75) is 0 Å². The molecule has 3 rings (SSSR count). The first kappa shape index (κ1) is 13.6. The topological polar surface area (TPSA) is 81.6 Å². The maximum atomic E-state index is 12.2. The van der Waals surface area contributed by atoms with Crippen LogP contribution in [-0.2, 0) is 4.79 Å². The number of amides is 1. The fraction of sp³-hybridized carbons (Fsp3) is 0. The van der Waals surface area contributed by atoms with Gasteiger partial charge in [-0.25, -0.2) is 0 Å². The molecule has 1 amide bonds. The van der Waals surface area contributed by atoms with Gasteiger partial charge in [0.25, 0.3) is 5.91 Å². The van der Waals surface area contributed by atoms with Crippen molar-refractivity contribution in [2.75, 3.05) is 5.32 Å². The Kier molecular flexibility index (Phi) is 3.67. The van der Waals surface area contributed by atoms with Gasteiger partial charge in [-0.1, -0.05) is 18.2 Å². The number of para-hydroxylation sites is 1. The molecule has 0 aliphatic carbocycles. The van der Waals surface area contributed by atoms with Crippen molar-refractivity contribution >= 4 is 28.6 Å². The molecule has 0 aliphatic rings. The molecule has 2 aromatic heterocycles. The highest BCUT2D eigenvalue weighted by atomic mass is 16.1. The minimum absolute atomic E-state index is 0.0357. The third-order valence-electron chi connectivity index (χ3n) is 3.21. The predicted molar refractivity (Wildman–Crippen MR) is 84.8 cm³/mol. The molecule has 5 nitrogen and oxygen atoms in total. The smallest absolute Gasteiger partial charge is 0.266 e. The highest BCUT2D eigenvalue weighted by Gasteiger charge is 2.11. The van der Waals surface area contributed by atoms with E-state index >= 15 is 0 Å². The van der Waals surface area contributed by atoms with Gasteiger partial charge < -0.3 is 10.3 Å². The summed E-state index contributed by atoms with van der Waals surface area (Å²) in [6.45, 7) is 0. The lowest BCUT2D eigenvalue weighted by Gasteiger charge is -2.03. The summed E-state index contributed by atoms with van der Waals surface area (Å²) in [5.41, 5.74) is 2.34. The van der Waals surface area contributed by atoms with Crippen LogP contribution in [0, 0.1) is 11.3 Å². The van der Waals surface area contributed by atoms with Gasteiger partial charge in [-0.05, 0) is 24.3 Å². The standard InChI is InChI=1S/C17H12N4O/c18-9-12(17(22)21-14-4-2-1-3-5-14)8-13-10-20-16-6-7-19-11-15(13)16/h1-8,10-11,20H,(H,21,22)/b12-8-. The first-order valence-electron chi connectivity index (χ1n) is 6.67. The maximum Gasteiger partial charge on any atom is 0.266 e. The molecule has 0 radical (unpaired) electrons. The van der Waals surface area contributed by atoms with Crippen LogP contribution in [0.4, 0.5) is 5.69 Å². The highest BCUT2D eigenvalue weighted by molar-refractivity contribution is 6.10. The molecule has 0 atom stereocenters. The summed E-state index contributed by atoms with van der Waals surface area (Å²) in [6.07, 6.45) is 6.68. The van der Waals surface area contributed by atoms with Gasteiger partial charge in [0, 0.05) is 40.7 Å². The molecule has 5 heteroatoms. The normalized spacial score (nSPS) is 11.1. The van der Waals surface area contributed by atoms with Gasteiger partial charge in [-0.3, -0.25) is 9.78 Å². The number of pyridine rings is 1. The van der Waals surface area contributed by atoms with E-state index < -0.39 is 5.91 Å². The molecule has 0 fully saturated rings. The molecule has 0 spiro atoms. The third-order valence-corrected chi connectivity index (χ3v) is 3.21. The van der Waals surface area contributed by atoms with Gasteiger partial charge in [0.1, 0.15) is 11.6 Å². The van der Waals surface area contributed by atoms with Crippen LogP contribution in [0.25, 0.3) is 17.0 Å². The molecule has 106 valence electrons. The number of fused-ring (bicyclic) bond motifs is 1. The molecule has 0 aliphatic heterocycles. The molecular formula is C17H12N4O. The third kappa shape index (κ3) is 2.72. The summed E-state index contributed by atoms with van der Waals surface area (Å²) >= 11 is 0. The van der Waals surface area contributed by atoms with Crippen LogP contribution in [0.2, 0.25) is 0 Å².